The third-order valence-corrected chi connectivity index (χ3v) is 7.41. The van der Waals surface area contributed by atoms with E-state index in [0.717, 1.165) is 23.7 Å². The molecule has 0 unspecified atom stereocenters. The Balaban J connectivity index is 1.52. The predicted molar refractivity (Wildman–Crippen MR) is 123 cm³/mol. The molecule has 2 aromatic rings. The van der Waals surface area contributed by atoms with E-state index >= 15 is 0 Å². The Bertz CT molecular complexity index is 999. The first-order valence-corrected chi connectivity index (χ1v) is 11.8. The summed E-state index contributed by atoms with van der Waals surface area (Å²) >= 11 is 12.8. The minimum Gasteiger partial charge on any atom is -0.478 e. The highest BCUT2D eigenvalue weighted by Gasteiger charge is 2.30. The molecule has 166 valence electrons. The number of halogens is 2. The number of likely N-dealkylation sites (tertiary alicyclic amines) is 1. The summed E-state index contributed by atoms with van der Waals surface area (Å²) in [5.41, 5.74) is 1.80. The van der Waals surface area contributed by atoms with Crippen LogP contribution in [0.2, 0.25) is 10.0 Å². The lowest BCUT2D eigenvalue weighted by atomic mass is 9.80. The third-order valence-electron chi connectivity index (χ3n) is 6.81. The number of nitrogens with zero attached hydrogens (tertiary/aromatic N) is 2. The van der Waals surface area contributed by atoms with Crippen LogP contribution in [0.15, 0.2) is 35.1 Å². The lowest BCUT2D eigenvalue weighted by molar-refractivity contribution is 0.0697. The largest absolute Gasteiger partial charge is 0.478 e. The molecule has 5 nitrogen and oxygen atoms in total. The van der Waals surface area contributed by atoms with Crippen LogP contribution in [-0.2, 0) is 19.5 Å². The molecule has 0 spiro atoms. The zero-order chi connectivity index (χ0) is 22.0. The van der Waals surface area contributed by atoms with Crippen LogP contribution in [0.3, 0.4) is 0 Å². The Kier molecular flexibility index (Phi) is 7.05. The molecule has 1 aromatic heterocycles. The Morgan fingerprint density at radius 3 is 2.45 bits per heavy atom. The van der Waals surface area contributed by atoms with Crippen LogP contribution < -0.4 is 5.56 Å². The fourth-order valence-corrected chi connectivity index (χ4v) is 5.30. The number of hydrogen-bond acceptors (Lipinski definition) is 3. The van der Waals surface area contributed by atoms with Crippen LogP contribution in [0.4, 0.5) is 0 Å². The highest BCUT2D eigenvalue weighted by atomic mass is 35.5. The maximum absolute atomic E-state index is 12.9. The van der Waals surface area contributed by atoms with Crippen LogP contribution in [0.1, 0.15) is 60.1 Å². The molecule has 1 aliphatic heterocycles. The van der Waals surface area contributed by atoms with Gasteiger partial charge in [-0.2, -0.15) is 0 Å². The molecule has 0 radical (unpaired) electrons. The van der Waals surface area contributed by atoms with E-state index in [1.54, 1.807) is 34.9 Å². The topological polar surface area (TPSA) is 62.5 Å². The van der Waals surface area contributed by atoms with Gasteiger partial charge in [-0.15, -0.1) is 0 Å². The second kappa shape index (κ2) is 9.76. The van der Waals surface area contributed by atoms with Gasteiger partial charge in [0.1, 0.15) is 5.02 Å². The van der Waals surface area contributed by atoms with Gasteiger partial charge in [-0.1, -0.05) is 54.6 Å². The highest BCUT2D eigenvalue weighted by Crippen LogP contribution is 2.35. The molecule has 2 heterocycles. The molecule has 1 saturated carbocycles. The van der Waals surface area contributed by atoms with E-state index in [4.69, 9.17) is 28.3 Å². The van der Waals surface area contributed by atoms with Crippen molar-refractivity contribution >= 4 is 29.2 Å². The van der Waals surface area contributed by atoms with Crippen molar-refractivity contribution in [2.75, 3.05) is 6.54 Å². The Hall–Kier alpha value is -1.82. The fraction of sp³-hybridized carbons (Fsp3) is 0.500. The van der Waals surface area contributed by atoms with Crippen LogP contribution >= 0.6 is 23.2 Å². The summed E-state index contributed by atoms with van der Waals surface area (Å²) in [5, 5.41) is 9.72. The van der Waals surface area contributed by atoms with E-state index in [1.807, 2.05) is 0 Å². The summed E-state index contributed by atoms with van der Waals surface area (Å²) in [6.45, 7) is 2.13. The Morgan fingerprint density at radius 2 is 1.81 bits per heavy atom. The fourth-order valence-electron chi connectivity index (χ4n) is 4.76. The summed E-state index contributed by atoms with van der Waals surface area (Å²) in [7, 11) is 0. The summed E-state index contributed by atoms with van der Waals surface area (Å²) < 4.78 is 1.70. The monoisotopic (exact) mass is 462 g/mol. The van der Waals surface area contributed by atoms with Crippen molar-refractivity contribution in [3.8, 4) is 0 Å². The molecule has 4 rings (SSSR count). The summed E-state index contributed by atoms with van der Waals surface area (Å²) in [5.74, 6) is -0.101. The highest BCUT2D eigenvalue weighted by molar-refractivity contribution is 6.34. The summed E-state index contributed by atoms with van der Waals surface area (Å²) in [6.07, 6.45) is 8.27. The number of pyridine rings is 1. The summed E-state index contributed by atoms with van der Waals surface area (Å²) in [6, 6.07) is 8.87. The van der Waals surface area contributed by atoms with Crippen LogP contribution in [0, 0.1) is 5.92 Å². The van der Waals surface area contributed by atoms with Gasteiger partial charge in [0.05, 0.1) is 16.3 Å². The van der Waals surface area contributed by atoms with E-state index in [2.05, 4.69) is 4.90 Å². The number of aromatic nitrogens is 1. The van der Waals surface area contributed by atoms with Gasteiger partial charge >= 0.3 is 5.97 Å². The molecule has 7 heteroatoms. The molecular formula is C24H28Cl2N2O3. The molecule has 0 bridgehead atoms. The second-order valence-corrected chi connectivity index (χ2v) is 9.61. The number of rotatable bonds is 8. The molecule has 2 aliphatic rings. The van der Waals surface area contributed by atoms with E-state index in [-0.39, 0.29) is 16.1 Å². The van der Waals surface area contributed by atoms with Crippen molar-refractivity contribution in [2.24, 2.45) is 5.92 Å². The number of carboxylic acids is 1. The smallest absolute Gasteiger partial charge is 0.335 e. The first-order chi connectivity index (χ1) is 14.9. The summed E-state index contributed by atoms with van der Waals surface area (Å²) in [4.78, 5) is 26.4. The quantitative estimate of drug-likeness (QED) is 0.581. The Labute approximate surface area is 192 Å². The van der Waals surface area contributed by atoms with Gasteiger partial charge in [-0.25, -0.2) is 4.79 Å². The van der Waals surface area contributed by atoms with Crippen molar-refractivity contribution in [2.45, 2.75) is 64.1 Å². The number of carbonyl (C=O) groups is 1. The number of aryl methyl sites for hydroxylation is 1. The molecular weight excluding hydrogens is 435 g/mol. The van der Waals surface area contributed by atoms with Crippen LogP contribution in [-0.4, -0.2) is 33.1 Å². The van der Waals surface area contributed by atoms with Crippen molar-refractivity contribution in [3.63, 3.8) is 0 Å². The molecule has 0 amide bonds. The number of carboxylic acid groups (broad SMARTS) is 1. The van der Waals surface area contributed by atoms with Crippen molar-refractivity contribution in [3.05, 3.63) is 67.6 Å². The second-order valence-electron chi connectivity index (χ2n) is 8.79. The standard InChI is InChI=1S/C24H28Cl2N2O3/c25-20-14-21(26)23(29)28(12-10-16-6-8-18(9-7-16)24(30)31)22(20)15-27-11-2-5-19(27)13-17-3-1-4-17/h6-9,14,17,19H,1-5,10-13,15H2,(H,30,31)/t19-/m1/s1. The number of hydrogen-bond donors (Lipinski definition) is 1. The van der Waals surface area contributed by atoms with E-state index in [9.17, 15) is 9.59 Å². The lowest BCUT2D eigenvalue weighted by Gasteiger charge is -2.33. The van der Waals surface area contributed by atoms with Gasteiger partial charge in [-0.3, -0.25) is 9.69 Å². The first-order valence-electron chi connectivity index (χ1n) is 11.1. The van der Waals surface area contributed by atoms with Crippen LogP contribution in [0.25, 0.3) is 0 Å². The molecule has 1 N–H and O–H groups in total. The maximum Gasteiger partial charge on any atom is 0.335 e. The normalized spacial score (nSPS) is 19.5. The number of aromatic carboxylic acids is 1. The van der Waals surface area contributed by atoms with Gasteiger partial charge in [0.2, 0.25) is 0 Å². The Morgan fingerprint density at radius 1 is 1.06 bits per heavy atom. The molecule has 1 saturated heterocycles. The van der Waals surface area contributed by atoms with Gasteiger partial charge in [0.25, 0.3) is 5.56 Å². The van der Waals surface area contributed by atoms with Gasteiger partial charge in [0.15, 0.2) is 0 Å². The minimum atomic E-state index is -0.950. The molecule has 31 heavy (non-hydrogen) atoms. The maximum atomic E-state index is 12.9. The van der Waals surface area contributed by atoms with E-state index < -0.39 is 5.97 Å². The van der Waals surface area contributed by atoms with Crippen molar-refractivity contribution in [1.82, 2.24) is 9.47 Å². The molecule has 1 aromatic carbocycles. The molecule has 2 fully saturated rings. The average molecular weight is 463 g/mol. The zero-order valence-corrected chi connectivity index (χ0v) is 19.0. The molecule has 1 aliphatic carbocycles. The van der Waals surface area contributed by atoms with E-state index in [1.165, 1.54) is 38.5 Å². The minimum absolute atomic E-state index is 0.127. The molecule has 1 atom stereocenters. The zero-order valence-electron chi connectivity index (χ0n) is 17.5. The SMILES string of the molecule is O=C(O)c1ccc(CCn2c(CN3CCC[C@@H]3CC3CCC3)c(Cl)cc(Cl)c2=O)cc1. The van der Waals surface area contributed by atoms with E-state index in [0.29, 0.717) is 30.6 Å². The number of benzene rings is 1. The van der Waals surface area contributed by atoms with Crippen molar-refractivity contribution in [1.29, 1.82) is 0 Å². The van der Waals surface area contributed by atoms with Gasteiger partial charge in [0, 0.05) is 19.1 Å². The third kappa shape index (κ3) is 5.16. The first kappa shape index (κ1) is 22.4. The predicted octanol–water partition coefficient (Wildman–Crippen LogP) is 5.25. The van der Waals surface area contributed by atoms with Gasteiger partial charge < -0.3 is 9.67 Å². The lowest BCUT2D eigenvalue weighted by Crippen LogP contribution is -2.35. The van der Waals surface area contributed by atoms with Crippen molar-refractivity contribution < 1.29 is 9.90 Å². The average Bonchev–Trinajstić information content (AvgIpc) is 3.15. The van der Waals surface area contributed by atoms with Gasteiger partial charge in [-0.05, 0) is 61.9 Å². The van der Waals surface area contributed by atoms with Crippen LogP contribution in [0.5, 0.6) is 0 Å².